The SMILES string of the molecule is CN1C(=O)CN=C(c2cccc(C#N)c2)c2cc(I)ccc21. The highest BCUT2D eigenvalue weighted by Gasteiger charge is 2.22. The molecule has 0 saturated heterocycles. The van der Waals surface area contributed by atoms with Gasteiger partial charge in [-0.2, -0.15) is 5.26 Å². The molecule has 2 aromatic carbocycles. The maximum absolute atomic E-state index is 12.1. The molecule has 0 bridgehead atoms. The van der Waals surface area contributed by atoms with Crippen molar-refractivity contribution in [1.29, 1.82) is 5.26 Å². The minimum absolute atomic E-state index is 0.0473. The minimum atomic E-state index is -0.0473. The number of benzene rings is 2. The number of hydrogen-bond donors (Lipinski definition) is 0. The fourth-order valence-electron chi connectivity index (χ4n) is 2.45. The average molecular weight is 401 g/mol. The van der Waals surface area contributed by atoms with Crippen LogP contribution in [0.4, 0.5) is 5.69 Å². The van der Waals surface area contributed by atoms with Crippen LogP contribution in [0.3, 0.4) is 0 Å². The van der Waals surface area contributed by atoms with Gasteiger partial charge in [-0.1, -0.05) is 12.1 Å². The maximum Gasteiger partial charge on any atom is 0.248 e. The van der Waals surface area contributed by atoms with E-state index < -0.39 is 0 Å². The van der Waals surface area contributed by atoms with E-state index in [1.807, 2.05) is 30.3 Å². The number of nitriles is 1. The molecule has 4 nitrogen and oxygen atoms in total. The molecule has 1 heterocycles. The molecule has 0 aromatic heterocycles. The molecule has 0 radical (unpaired) electrons. The molecule has 0 N–H and O–H groups in total. The first kappa shape index (κ1) is 14.7. The second-order valence-corrected chi connectivity index (χ2v) is 6.22. The number of nitrogens with zero attached hydrogens (tertiary/aromatic N) is 3. The zero-order valence-electron chi connectivity index (χ0n) is 11.9. The summed E-state index contributed by atoms with van der Waals surface area (Å²) in [6, 6.07) is 15.4. The molecule has 108 valence electrons. The van der Waals surface area contributed by atoms with Gasteiger partial charge in [0.05, 0.1) is 23.0 Å². The van der Waals surface area contributed by atoms with Crippen molar-refractivity contribution < 1.29 is 4.79 Å². The summed E-state index contributed by atoms with van der Waals surface area (Å²) in [5.41, 5.74) is 3.93. The number of anilines is 1. The Bertz CT molecular complexity index is 836. The van der Waals surface area contributed by atoms with Gasteiger partial charge in [0.25, 0.3) is 0 Å². The zero-order valence-corrected chi connectivity index (χ0v) is 14.0. The smallest absolute Gasteiger partial charge is 0.248 e. The molecule has 5 heteroatoms. The summed E-state index contributed by atoms with van der Waals surface area (Å²) in [4.78, 5) is 18.3. The van der Waals surface area contributed by atoms with Gasteiger partial charge in [0.2, 0.25) is 5.91 Å². The molecule has 0 saturated carbocycles. The van der Waals surface area contributed by atoms with Gasteiger partial charge in [0.15, 0.2) is 0 Å². The molecular formula is C17H12IN3O. The molecule has 1 aliphatic rings. The van der Waals surface area contributed by atoms with Crippen molar-refractivity contribution in [3.05, 3.63) is 62.7 Å². The van der Waals surface area contributed by atoms with Gasteiger partial charge in [-0.05, 0) is 52.9 Å². The van der Waals surface area contributed by atoms with Crippen LogP contribution in [0.15, 0.2) is 47.5 Å². The van der Waals surface area contributed by atoms with E-state index in [1.54, 1.807) is 24.1 Å². The minimum Gasteiger partial charge on any atom is -0.313 e. The quantitative estimate of drug-likeness (QED) is 0.690. The first-order valence-electron chi connectivity index (χ1n) is 6.71. The fourth-order valence-corrected chi connectivity index (χ4v) is 2.94. The van der Waals surface area contributed by atoms with Gasteiger partial charge in [0, 0.05) is 21.7 Å². The van der Waals surface area contributed by atoms with E-state index in [0.717, 1.165) is 26.1 Å². The van der Waals surface area contributed by atoms with E-state index in [2.05, 4.69) is 33.7 Å². The summed E-state index contributed by atoms with van der Waals surface area (Å²) < 4.78 is 1.07. The molecular weight excluding hydrogens is 389 g/mol. The van der Waals surface area contributed by atoms with E-state index in [-0.39, 0.29) is 12.5 Å². The van der Waals surface area contributed by atoms with Crippen LogP contribution < -0.4 is 4.90 Å². The largest absolute Gasteiger partial charge is 0.313 e. The van der Waals surface area contributed by atoms with Crippen molar-refractivity contribution in [1.82, 2.24) is 0 Å². The molecule has 1 aliphatic heterocycles. The maximum atomic E-state index is 12.1. The van der Waals surface area contributed by atoms with Crippen molar-refractivity contribution in [3.63, 3.8) is 0 Å². The van der Waals surface area contributed by atoms with Crippen LogP contribution in [0.25, 0.3) is 0 Å². The van der Waals surface area contributed by atoms with Gasteiger partial charge >= 0.3 is 0 Å². The topological polar surface area (TPSA) is 56.5 Å². The zero-order chi connectivity index (χ0) is 15.7. The number of fused-ring (bicyclic) bond motifs is 1. The fraction of sp³-hybridized carbons (Fsp3) is 0.118. The summed E-state index contributed by atoms with van der Waals surface area (Å²) >= 11 is 2.24. The Kier molecular flexibility index (Phi) is 3.94. The Morgan fingerprint density at radius 2 is 2.09 bits per heavy atom. The van der Waals surface area contributed by atoms with Crippen molar-refractivity contribution >= 4 is 39.9 Å². The van der Waals surface area contributed by atoms with Crippen LogP contribution in [-0.2, 0) is 4.79 Å². The lowest BCUT2D eigenvalue weighted by atomic mass is 9.99. The number of halogens is 1. The van der Waals surface area contributed by atoms with Crippen molar-refractivity contribution in [2.45, 2.75) is 0 Å². The molecule has 0 fully saturated rings. The molecule has 3 rings (SSSR count). The lowest BCUT2D eigenvalue weighted by Gasteiger charge is -2.18. The Morgan fingerprint density at radius 3 is 2.86 bits per heavy atom. The van der Waals surface area contributed by atoms with Crippen LogP contribution >= 0.6 is 22.6 Å². The van der Waals surface area contributed by atoms with Crippen LogP contribution in [0.1, 0.15) is 16.7 Å². The monoisotopic (exact) mass is 401 g/mol. The van der Waals surface area contributed by atoms with Crippen molar-refractivity contribution in [2.75, 3.05) is 18.5 Å². The van der Waals surface area contributed by atoms with Gasteiger partial charge < -0.3 is 4.90 Å². The Hall–Kier alpha value is -2.20. The van der Waals surface area contributed by atoms with Crippen LogP contribution in [0, 0.1) is 14.9 Å². The number of rotatable bonds is 1. The number of benzodiazepines with no additional fused rings is 1. The summed E-state index contributed by atoms with van der Waals surface area (Å²) in [7, 11) is 1.76. The predicted octanol–water partition coefficient (Wildman–Crippen LogP) is 2.98. The number of carbonyl (C=O) groups excluding carboxylic acids is 1. The van der Waals surface area contributed by atoms with Gasteiger partial charge in [-0.3, -0.25) is 9.79 Å². The molecule has 0 spiro atoms. The third kappa shape index (κ3) is 2.62. The van der Waals surface area contributed by atoms with Crippen LogP contribution in [0.5, 0.6) is 0 Å². The number of aliphatic imine (C=N–C) groups is 1. The van der Waals surface area contributed by atoms with E-state index >= 15 is 0 Å². The standard InChI is InChI=1S/C17H12IN3O/c1-21-15-6-5-13(18)8-14(15)17(20-10-16(21)22)12-4-2-3-11(7-12)9-19/h2-8H,10H2,1H3. The number of likely N-dealkylation sites (N-methyl/N-ethyl adjacent to an activating group) is 1. The molecule has 22 heavy (non-hydrogen) atoms. The van der Waals surface area contributed by atoms with E-state index in [1.165, 1.54) is 0 Å². The summed E-state index contributed by atoms with van der Waals surface area (Å²) in [5, 5.41) is 9.09. The molecule has 0 atom stereocenters. The molecule has 1 amide bonds. The van der Waals surface area contributed by atoms with E-state index in [9.17, 15) is 4.79 Å². The van der Waals surface area contributed by atoms with E-state index in [4.69, 9.17) is 5.26 Å². The van der Waals surface area contributed by atoms with Crippen molar-refractivity contribution in [2.24, 2.45) is 4.99 Å². The van der Waals surface area contributed by atoms with Gasteiger partial charge in [-0.25, -0.2) is 0 Å². The average Bonchev–Trinajstić information content (AvgIpc) is 2.65. The molecule has 2 aromatic rings. The predicted molar refractivity (Wildman–Crippen MR) is 94.2 cm³/mol. The molecule has 0 aliphatic carbocycles. The lowest BCUT2D eigenvalue weighted by Crippen LogP contribution is -2.27. The Morgan fingerprint density at radius 1 is 1.27 bits per heavy atom. The normalized spacial score (nSPS) is 14.0. The number of amides is 1. The molecule has 0 unspecified atom stereocenters. The number of carbonyl (C=O) groups is 1. The third-order valence-corrected chi connectivity index (χ3v) is 4.26. The Labute approximate surface area is 142 Å². The lowest BCUT2D eigenvalue weighted by molar-refractivity contribution is -0.116. The first-order chi connectivity index (χ1) is 10.6. The summed E-state index contributed by atoms with van der Waals surface area (Å²) in [6.07, 6.45) is 0. The summed E-state index contributed by atoms with van der Waals surface area (Å²) in [5.74, 6) is -0.0473. The second-order valence-electron chi connectivity index (χ2n) is 4.97. The number of hydrogen-bond acceptors (Lipinski definition) is 3. The van der Waals surface area contributed by atoms with Gasteiger partial charge in [-0.15, -0.1) is 0 Å². The second kappa shape index (κ2) is 5.89. The third-order valence-electron chi connectivity index (χ3n) is 3.59. The first-order valence-corrected chi connectivity index (χ1v) is 7.79. The van der Waals surface area contributed by atoms with Gasteiger partial charge in [0.1, 0.15) is 6.54 Å². The highest BCUT2D eigenvalue weighted by atomic mass is 127. The van der Waals surface area contributed by atoms with Crippen LogP contribution in [-0.4, -0.2) is 25.2 Å². The Balaban J connectivity index is 2.23. The highest BCUT2D eigenvalue weighted by molar-refractivity contribution is 14.1. The van der Waals surface area contributed by atoms with E-state index in [0.29, 0.717) is 5.56 Å². The highest BCUT2D eigenvalue weighted by Crippen LogP contribution is 2.27. The van der Waals surface area contributed by atoms with Crippen molar-refractivity contribution in [3.8, 4) is 6.07 Å². The van der Waals surface area contributed by atoms with Crippen LogP contribution in [0.2, 0.25) is 0 Å². The summed E-state index contributed by atoms with van der Waals surface area (Å²) in [6.45, 7) is 0.105.